The number of carbonyl (C=O) groups is 1. The van der Waals surface area contributed by atoms with E-state index in [0.717, 1.165) is 88.8 Å². The summed E-state index contributed by atoms with van der Waals surface area (Å²) in [5.74, 6) is 0.656. The molecule has 0 saturated carbocycles. The fourth-order valence-electron chi connectivity index (χ4n) is 6.62. The Hall–Kier alpha value is -2.36. The Balaban J connectivity index is 1.12. The van der Waals surface area contributed by atoms with Crippen molar-refractivity contribution in [3.8, 4) is 0 Å². The van der Waals surface area contributed by atoms with Crippen LogP contribution in [0.25, 0.3) is 0 Å². The molecule has 1 aromatic heterocycles. The van der Waals surface area contributed by atoms with Crippen LogP contribution in [0.4, 0.5) is 0 Å². The zero-order valence-electron chi connectivity index (χ0n) is 23.0. The van der Waals surface area contributed by atoms with Crippen molar-refractivity contribution >= 4 is 15.9 Å². The molecule has 5 rings (SSSR count). The van der Waals surface area contributed by atoms with E-state index >= 15 is 0 Å². The zero-order valence-corrected chi connectivity index (χ0v) is 23.8. The summed E-state index contributed by atoms with van der Waals surface area (Å²) in [6.07, 6.45) is 10.7. The van der Waals surface area contributed by atoms with Crippen LogP contribution in [0.2, 0.25) is 0 Å². The second-order valence-electron chi connectivity index (χ2n) is 11.4. The van der Waals surface area contributed by atoms with Gasteiger partial charge < -0.3 is 9.80 Å². The molecule has 38 heavy (non-hydrogen) atoms. The largest absolute Gasteiger partial charge is 0.337 e. The predicted octanol–water partition coefficient (Wildman–Crippen LogP) is 3.09. The van der Waals surface area contributed by atoms with Crippen molar-refractivity contribution < 1.29 is 13.2 Å². The minimum absolute atomic E-state index is 0.0198. The van der Waals surface area contributed by atoms with E-state index in [1.165, 1.54) is 21.7 Å². The molecule has 0 bridgehead atoms. The highest BCUT2D eigenvalue weighted by Gasteiger charge is 2.33. The van der Waals surface area contributed by atoms with Crippen LogP contribution in [0.15, 0.2) is 30.6 Å². The number of piperidine rings is 2. The van der Waals surface area contributed by atoms with E-state index in [1.807, 2.05) is 11.8 Å². The molecule has 8 nitrogen and oxygen atoms in total. The van der Waals surface area contributed by atoms with Crippen LogP contribution in [0.1, 0.15) is 65.0 Å². The van der Waals surface area contributed by atoms with Crippen molar-refractivity contribution in [2.75, 3.05) is 39.5 Å². The van der Waals surface area contributed by atoms with Crippen molar-refractivity contribution in [1.82, 2.24) is 24.1 Å². The molecule has 0 atom stereocenters. The van der Waals surface area contributed by atoms with Crippen molar-refractivity contribution in [2.24, 2.45) is 5.92 Å². The molecular formula is C29H41N5O3S. The van der Waals surface area contributed by atoms with E-state index in [4.69, 9.17) is 0 Å². The molecule has 2 aliphatic heterocycles. The number of fused-ring (bicyclic) bond motifs is 1. The first-order chi connectivity index (χ1) is 18.2. The smallest absolute Gasteiger partial charge is 0.272 e. The number of likely N-dealkylation sites (tertiary alicyclic amines) is 2. The molecule has 0 unspecified atom stereocenters. The van der Waals surface area contributed by atoms with Crippen molar-refractivity contribution in [3.05, 3.63) is 58.7 Å². The number of nitrogens with zero attached hydrogens (tertiary/aromatic N) is 5. The van der Waals surface area contributed by atoms with Crippen LogP contribution in [0.5, 0.6) is 0 Å². The number of hydrogen-bond acceptors (Lipinski definition) is 6. The maximum absolute atomic E-state index is 13.4. The summed E-state index contributed by atoms with van der Waals surface area (Å²) in [7, 11) is -1.47. The highest BCUT2D eigenvalue weighted by Crippen LogP contribution is 2.30. The number of hydrogen-bond donors (Lipinski definition) is 0. The summed E-state index contributed by atoms with van der Waals surface area (Å²) in [6, 6.07) is 9.26. The lowest BCUT2D eigenvalue weighted by molar-refractivity contribution is 0.0542. The van der Waals surface area contributed by atoms with Gasteiger partial charge in [-0.1, -0.05) is 24.3 Å². The number of amides is 1. The van der Waals surface area contributed by atoms with Gasteiger partial charge in [0.2, 0.25) is 10.0 Å². The van der Waals surface area contributed by atoms with Gasteiger partial charge in [-0.25, -0.2) is 22.7 Å². The Morgan fingerprint density at radius 2 is 1.63 bits per heavy atom. The highest BCUT2D eigenvalue weighted by atomic mass is 32.2. The van der Waals surface area contributed by atoms with Gasteiger partial charge in [-0.2, -0.15) is 0 Å². The highest BCUT2D eigenvalue weighted by molar-refractivity contribution is 7.88. The topological polar surface area (TPSA) is 86.7 Å². The van der Waals surface area contributed by atoms with Gasteiger partial charge in [0.1, 0.15) is 12.0 Å². The standard InChI is InChI=1S/C29H41N5O3S/c1-21-27(9-8-22-18-23-6-4-5-7-24(23)19-22)30-20-31-28(21)29(35)34-16-12-26(13-17-34)33-14-10-25(11-15-33)32(2)38(3,36)37/h4-7,20,22,25-26H,8-19H2,1-3H3. The Kier molecular flexibility index (Phi) is 8.16. The lowest BCUT2D eigenvalue weighted by Crippen LogP contribution is -2.52. The van der Waals surface area contributed by atoms with Crippen LogP contribution in [-0.2, 0) is 29.3 Å². The van der Waals surface area contributed by atoms with E-state index in [9.17, 15) is 13.2 Å². The van der Waals surface area contributed by atoms with Gasteiger partial charge in [0.15, 0.2) is 0 Å². The normalized spacial score (nSPS) is 20.3. The number of carbonyl (C=O) groups excluding carboxylic acids is 1. The molecule has 206 valence electrons. The first kappa shape index (κ1) is 27.2. The van der Waals surface area contributed by atoms with Gasteiger partial charge in [0.05, 0.1) is 6.26 Å². The van der Waals surface area contributed by atoms with Crippen molar-refractivity contribution in [1.29, 1.82) is 0 Å². The quantitative estimate of drug-likeness (QED) is 0.538. The Bertz CT molecular complexity index is 1230. The van der Waals surface area contributed by atoms with Gasteiger partial charge in [0, 0.05) is 43.5 Å². The fraction of sp³-hybridized carbons (Fsp3) is 0.621. The zero-order chi connectivity index (χ0) is 26.9. The number of rotatable bonds is 7. The predicted molar refractivity (Wildman–Crippen MR) is 149 cm³/mol. The summed E-state index contributed by atoms with van der Waals surface area (Å²) in [5, 5.41) is 0. The molecule has 3 heterocycles. The van der Waals surface area contributed by atoms with Crippen LogP contribution in [-0.4, -0.2) is 90.0 Å². The SMILES string of the molecule is Cc1c(CCC2Cc3ccccc3C2)ncnc1C(=O)N1CCC(N2CCC(N(C)S(C)(=O)=O)CC2)CC1. The van der Waals surface area contributed by atoms with Gasteiger partial charge in [-0.15, -0.1) is 0 Å². The number of benzene rings is 1. The van der Waals surface area contributed by atoms with Gasteiger partial charge >= 0.3 is 0 Å². The van der Waals surface area contributed by atoms with Crippen molar-refractivity contribution in [3.63, 3.8) is 0 Å². The molecular weight excluding hydrogens is 498 g/mol. The van der Waals surface area contributed by atoms with Gasteiger partial charge in [-0.05, 0) is 88.4 Å². The van der Waals surface area contributed by atoms with E-state index in [1.54, 1.807) is 13.4 Å². The average molecular weight is 540 g/mol. The summed E-state index contributed by atoms with van der Waals surface area (Å²) in [6.45, 7) is 5.27. The molecule has 1 aromatic carbocycles. The third-order valence-electron chi connectivity index (χ3n) is 9.12. The van der Waals surface area contributed by atoms with Crippen LogP contribution >= 0.6 is 0 Å². The summed E-state index contributed by atoms with van der Waals surface area (Å²) < 4.78 is 25.3. The van der Waals surface area contributed by atoms with Crippen LogP contribution in [0, 0.1) is 12.8 Å². The second-order valence-corrected chi connectivity index (χ2v) is 13.5. The Labute approximate surface area is 227 Å². The minimum atomic E-state index is -3.15. The molecule has 9 heteroatoms. The number of sulfonamides is 1. The number of aryl methyl sites for hydroxylation is 1. The van der Waals surface area contributed by atoms with E-state index in [0.29, 0.717) is 17.7 Å². The van der Waals surface area contributed by atoms with E-state index < -0.39 is 10.0 Å². The summed E-state index contributed by atoms with van der Waals surface area (Å²) in [5.41, 5.74) is 5.42. The van der Waals surface area contributed by atoms with Gasteiger partial charge in [0.25, 0.3) is 5.91 Å². The Morgan fingerprint density at radius 1 is 1.00 bits per heavy atom. The maximum atomic E-state index is 13.4. The van der Waals surface area contributed by atoms with Crippen molar-refractivity contribution in [2.45, 2.75) is 70.4 Å². The van der Waals surface area contributed by atoms with Gasteiger partial charge in [-0.3, -0.25) is 4.79 Å². The first-order valence-electron chi connectivity index (χ1n) is 14.0. The first-order valence-corrected chi connectivity index (χ1v) is 15.9. The summed E-state index contributed by atoms with van der Waals surface area (Å²) >= 11 is 0. The Morgan fingerprint density at radius 3 is 2.24 bits per heavy atom. The molecule has 2 aromatic rings. The van der Waals surface area contributed by atoms with E-state index in [-0.39, 0.29) is 11.9 Å². The molecule has 0 spiro atoms. The van der Waals surface area contributed by atoms with Crippen LogP contribution in [0.3, 0.4) is 0 Å². The molecule has 0 N–H and O–H groups in total. The molecule has 2 fully saturated rings. The lowest BCUT2D eigenvalue weighted by atomic mass is 9.96. The van der Waals surface area contributed by atoms with E-state index in [2.05, 4.69) is 39.1 Å². The lowest BCUT2D eigenvalue weighted by Gasteiger charge is -2.43. The average Bonchev–Trinajstić information content (AvgIpc) is 3.34. The second kappa shape index (κ2) is 11.4. The molecule has 0 radical (unpaired) electrons. The fourth-order valence-corrected chi connectivity index (χ4v) is 7.37. The molecule has 3 aliphatic rings. The molecule has 1 aliphatic carbocycles. The monoisotopic (exact) mass is 539 g/mol. The minimum Gasteiger partial charge on any atom is -0.337 e. The van der Waals surface area contributed by atoms with Crippen LogP contribution < -0.4 is 0 Å². The summed E-state index contributed by atoms with van der Waals surface area (Å²) in [4.78, 5) is 26.8. The number of aromatic nitrogens is 2. The maximum Gasteiger partial charge on any atom is 0.272 e. The third kappa shape index (κ3) is 5.95. The molecule has 1 amide bonds. The third-order valence-corrected chi connectivity index (χ3v) is 10.5. The molecule has 2 saturated heterocycles.